The Bertz CT molecular complexity index is 597. The number of hydrogen-bond acceptors (Lipinski definition) is 3. The number of nitrogens with one attached hydrogen (secondary N) is 2. The van der Waals surface area contributed by atoms with E-state index in [0.717, 1.165) is 28.1 Å². The Hall–Kier alpha value is -2.14. The lowest BCUT2D eigenvalue weighted by Gasteiger charge is -2.12. The van der Waals surface area contributed by atoms with E-state index in [1.807, 2.05) is 45.0 Å². The highest BCUT2D eigenvalue weighted by molar-refractivity contribution is 5.79. The van der Waals surface area contributed by atoms with Gasteiger partial charge in [-0.25, -0.2) is 0 Å². The molecule has 3 N–H and O–H groups in total. The summed E-state index contributed by atoms with van der Waals surface area (Å²) in [5.74, 6) is -0.117. The number of aromatic nitrogens is 2. The third-order valence-corrected chi connectivity index (χ3v) is 3.57. The molecule has 0 aliphatic rings. The first-order chi connectivity index (χ1) is 9.97. The molecule has 21 heavy (non-hydrogen) atoms. The summed E-state index contributed by atoms with van der Waals surface area (Å²) in [5, 5.41) is 19.7. The van der Waals surface area contributed by atoms with Crippen LogP contribution in [0.1, 0.15) is 34.2 Å². The van der Waals surface area contributed by atoms with Crippen LogP contribution in [0.5, 0.6) is 0 Å². The number of benzene rings is 1. The molecule has 0 radical (unpaired) electrons. The fraction of sp³-hybridized carbons (Fsp3) is 0.375. The summed E-state index contributed by atoms with van der Waals surface area (Å²) >= 11 is 0. The first-order valence-electron chi connectivity index (χ1n) is 6.99. The molecule has 112 valence electrons. The summed E-state index contributed by atoms with van der Waals surface area (Å²) in [6.07, 6.45) is -0.421. The lowest BCUT2D eigenvalue weighted by molar-refractivity contribution is -0.120. The summed E-state index contributed by atoms with van der Waals surface area (Å²) in [4.78, 5) is 11.9. The zero-order valence-corrected chi connectivity index (χ0v) is 12.6. The van der Waals surface area contributed by atoms with Crippen molar-refractivity contribution >= 4 is 5.91 Å². The second-order valence-corrected chi connectivity index (χ2v) is 5.32. The topological polar surface area (TPSA) is 78.0 Å². The van der Waals surface area contributed by atoms with Gasteiger partial charge in [0.05, 0.1) is 18.2 Å². The Labute approximate surface area is 124 Å². The first-order valence-corrected chi connectivity index (χ1v) is 6.99. The molecule has 0 bridgehead atoms. The molecule has 5 heteroatoms. The quantitative estimate of drug-likeness (QED) is 0.783. The smallest absolute Gasteiger partial charge is 0.224 e. The van der Waals surface area contributed by atoms with Crippen molar-refractivity contribution in [3.8, 4) is 0 Å². The van der Waals surface area contributed by atoms with Crippen LogP contribution in [0.2, 0.25) is 0 Å². The van der Waals surface area contributed by atoms with E-state index in [0.29, 0.717) is 0 Å². The number of rotatable bonds is 5. The summed E-state index contributed by atoms with van der Waals surface area (Å²) in [6.45, 7) is 5.96. The molecule has 0 saturated heterocycles. The first kappa shape index (κ1) is 15.3. The van der Waals surface area contributed by atoms with Crippen molar-refractivity contribution in [2.75, 3.05) is 6.54 Å². The highest BCUT2D eigenvalue weighted by Crippen LogP contribution is 2.13. The number of aryl methyl sites for hydroxylation is 3. The molecule has 2 aromatic rings. The number of aromatic amines is 1. The van der Waals surface area contributed by atoms with E-state index in [2.05, 4.69) is 15.5 Å². The van der Waals surface area contributed by atoms with Crippen LogP contribution < -0.4 is 5.32 Å². The van der Waals surface area contributed by atoms with Crippen molar-refractivity contribution in [2.45, 2.75) is 33.3 Å². The Balaban J connectivity index is 1.88. The summed E-state index contributed by atoms with van der Waals surface area (Å²) < 4.78 is 0. The minimum atomic E-state index is -0.693. The van der Waals surface area contributed by atoms with E-state index >= 15 is 0 Å². The van der Waals surface area contributed by atoms with E-state index in [4.69, 9.17) is 0 Å². The molecule has 1 aromatic heterocycles. The molecule has 0 fully saturated rings. The third kappa shape index (κ3) is 3.92. The highest BCUT2D eigenvalue weighted by Gasteiger charge is 2.13. The average molecular weight is 287 g/mol. The van der Waals surface area contributed by atoms with Gasteiger partial charge in [-0.2, -0.15) is 5.10 Å². The number of amides is 1. The van der Waals surface area contributed by atoms with Crippen LogP contribution in [0, 0.1) is 20.8 Å². The lowest BCUT2D eigenvalue weighted by atomic mass is 10.1. The SMILES string of the molecule is Cc1ccc([C@@H](O)CNC(=O)Cc2c(C)n[nH]c2C)cc1. The van der Waals surface area contributed by atoms with Gasteiger partial charge in [0.15, 0.2) is 0 Å². The Morgan fingerprint density at radius 1 is 1.29 bits per heavy atom. The number of nitrogens with zero attached hydrogens (tertiary/aromatic N) is 1. The normalized spacial score (nSPS) is 12.2. The molecule has 2 rings (SSSR count). The molecule has 0 aliphatic carbocycles. The van der Waals surface area contributed by atoms with Crippen molar-refractivity contribution in [3.63, 3.8) is 0 Å². The maximum absolute atomic E-state index is 11.9. The monoisotopic (exact) mass is 287 g/mol. The van der Waals surface area contributed by atoms with Gasteiger partial charge < -0.3 is 10.4 Å². The van der Waals surface area contributed by atoms with Gasteiger partial charge in [0.25, 0.3) is 0 Å². The Morgan fingerprint density at radius 3 is 2.52 bits per heavy atom. The van der Waals surface area contributed by atoms with Crippen LogP contribution in [0.25, 0.3) is 0 Å². The second-order valence-electron chi connectivity index (χ2n) is 5.32. The van der Waals surface area contributed by atoms with Crippen molar-refractivity contribution < 1.29 is 9.90 Å². The van der Waals surface area contributed by atoms with Gasteiger partial charge in [-0.05, 0) is 26.3 Å². The van der Waals surface area contributed by atoms with Crippen molar-refractivity contribution in [2.24, 2.45) is 0 Å². The third-order valence-electron chi connectivity index (χ3n) is 3.57. The Morgan fingerprint density at radius 2 is 1.95 bits per heavy atom. The van der Waals surface area contributed by atoms with Gasteiger partial charge in [-0.15, -0.1) is 0 Å². The number of H-pyrrole nitrogens is 1. The van der Waals surface area contributed by atoms with Crippen LogP contribution >= 0.6 is 0 Å². The van der Waals surface area contributed by atoms with Gasteiger partial charge in [0.1, 0.15) is 0 Å². The van der Waals surface area contributed by atoms with E-state index in [9.17, 15) is 9.90 Å². The molecule has 0 unspecified atom stereocenters. The second kappa shape index (κ2) is 6.54. The van der Waals surface area contributed by atoms with Crippen LogP contribution in [-0.4, -0.2) is 27.8 Å². The van der Waals surface area contributed by atoms with Crippen LogP contribution in [0.15, 0.2) is 24.3 Å². The fourth-order valence-corrected chi connectivity index (χ4v) is 2.17. The number of carbonyl (C=O) groups is 1. The highest BCUT2D eigenvalue weighted by atomic mass is 16.3. The number of aliphatic hydroxyl groups is 1. The number of aliphatic hydroxyl groups excluding tert-OH is 1. The molecule has 0 saturated carbocycles. The van der Waals surface area contributed by atoms with E-state index in [1.165, 1.54) is 0 Å². The molecule has 0 aliphatic heterocycles. The van der Waals surface area contributed by atoms with Gasteiger partial charge in [-0.1, -0.05) is 29.8 Å². The van der Waals surface area contributed by atoms with Crippen molar-refractivity contribution in [1.82, 2.24) is 15.5 Å². The predicted octanol–water partition coefficient (Wildman–Crippen LogP) is 1.73. The van der Waals surface area contributed by atoms with Gasteiger partial charge in [0, 0.05) is 17.8 Å². The maximum atomic E-state index is 11.9. The number of hydrogen-bond donors (Lipinski definition) is 3. The zero-order valence-electron chi connectivity index (χ0n) is 12.6. The molecule has 1 amide bonds. The van der Waals surface area contributed by atoms with Crippen LogP contribution in [0.3, 0.4) is 0 Å². The van der Waals surface area contributed by atoms with E-state index in [-0.39, 0.29) is 18.9 Å². The lowest BCUT2D eigenvalue weighted by Crippen LogP contribution is -2.29. The summed E-state index contributed by atoms with van der Waals surface area (Å²) in [5.41, 5.74) is 4.60. The predicted molar refractivity (Wildman–Crippen MR) is 80.9 cm³/mol. The van der Waals surface area contributed by atoms with Crippen LogP contribution in [0.4, 0.5) is 0 Å². The van der Waals surface area contributed by atoms with E-state index in [1.54, 1.807) is 0 Å². The van der Waals surface area contributed by atoms with E-state index < -0.39 is 6.10 Å². The number of carbonyl (C=O) groups excluding carboxylic acids is 1. The molecule has 1 aromatic carbocycles. The summed E-state index contributed by atoms with van der Waals surface area (Å²) in [6, 6.07) is 7.63. The minimum absolute atomic E-state index is 0.117. The summed E-state index contributed by atoms with van der Waals surface area (Å²) in [7, 11) is 0. The molecule has 1 heterocycles. The van der Waals surface area contributed by atoms with Gasteiger partial charge in [0.2, 0.25) is 5.91 Å². The van der Waals surface area contributed by atoms with Crippen molar-refractivity contribution in [3.05, 3.63) is 52.3 Å². The fourth-order valence-electron chi connectivity index (χ4n) is 2.17. The molecular formula is C16H21N3O2. The van der Waals surface area contributed by atoms with Crippen molar-refractivity contribution in [1.29, 1.82) is 0 Å². The van der Waals surface area contributed by atoms with Crippen LogP contribution in [-0.2, 0) is 11.2 Å². The van der Waals surface area contributed by atoms with Gasteiger partial charge >= 0.3 is 0 Å². The standard InChI is InChI=1S/C16H21N3O2/c1-10-4-6-13(7-5-10)15(20)9-17-16(21)8-14-11(2)18-19-12(14)3/h4-7,15,20H,8-9H2,1-3H3,(H,17,21)(H,18,19)/t15-/m0/s1. The molecule has 5 nitrogen and oxygen atoms in total. The molecular weight excluding hydrogens is 266 g/mol. The average Bonchev–Trinajstić information content (AvgIpc) is 2.77. The maximum Gasteiger partial charge on any atom is 0.224 e. The largest absolute Gasteiger partial charge is 0.387 e. The zero-order chi connectivity index (χ0) is 15.4. The molecule has 1 atom stereocenters. The molecule has 0 spiro atoms. The van der Waals surface area contributed by atoms with Gasteiger partial charge in [-0.3, -0.25) is 9.89 Å². The Kier molecular flexibility index (Phi) is 4.75. The minimum Gasteiger partial charge on any atom is -0.387 e.